The Balaban J connectivity index is 1.84. The molecule has 4 nitrogen and oxygen atoms in total. The molecule has 1 amide bonds. The summed E-state index contributed by atoms with van der Waals surface area (Å²) in [6.45, 7) is 5.91. The number of nitrogen functional groups attached to an aromatic ring is 1. The fourth-order valence-corrected chi connectivity index (χ4v) is 3.52. The summed E-state index contributed by atoms with van der Waals surface area (Å²) in [5.41, 5.74) is 7.11. The molecule has 122 valence electrons. The zero-order valence-electron chi connectivity index (χ0n) is 13.4. The molecule has 0 bridgehead atoms. The maximum absolute atomic E-state index is 12.7. The number of nitrogens with two attached hydrogens (primary N) is 1. The normalized spacial score (nSPS) is 21.4. The number of carbonyl (C=O) groups is 1. The number of likely N-dealkylation sites (tertiary alicyclic amines) is 1. The van der Waals surface area contributed by atoms with Crippen molar-refractivity contribution >= 4 is 23.2 Å². The van der Waals surface area contributed by atoms with Gasteiger partial charge >= 0.3 is 0 Å². The van der Waals surface area contributed by atoms with Gasteiger partial charge in [0.25, 0.3) is 5.91 Å². The number of benzene rings is 1. The number of piperidine rings is 1. The third-order valence-electron chi connectivity index (χ3n) is 4.23. The van der Waals surface area contributed by atoms with E-state index in [0.717, 1.165) is 19.5 Å². The van der Waals surface area contributed by atoms with Crippen molar-refractivity contribution in [2.75, 3.05) is 18.8 Å². The Morgan fingerprint density at radius 1 is 1.22 bits per heavy atom. The number of carbonyl (C=O) groups excluding carboxylic acids is 1. The van der Waals surface area contributed by atoms with E-state index >= 15 is 0 Å². The number of nitrogens with zero attached hydrogens (tertiary/aromatic N) is 1. The van der Waals surface area contributed by atoms with Crippen LogP contribution in [0.3, 0.4) is 0 Å². The van der Waals surface area contributed by atoms with Gasteiger partial charge in [0.1, 0.15) is 5.76 Å². The van der Waals surface area contributed by atoms with Gasteiger partial charge in [-0.2, -0.15) is 0 Å². The molecule has 23 heavy (non-hydrogen) atoms. The topological polar surface area (TPSA) is 59.5 Å². The van der Waals surface area contributed by atoms with Crippen molar-refractivity contribution in [3.05, 3.63) is 41.1 Å². The van der Waals surface area contributed by atoms with Crippen LogP contribution in [0.4, 0.5) is 5.69 Å². The van der Waals surface area contributed by atoms with Crippen LogP contribution < -0.4 is 5.73 Å². The van der Waals surface area contributed by atoms with Gasteiger partial charge in [-0.1, -0.05) is 25.4 Å². The van der Waals surface area contributed by atoms with Crippen LogP contribution in [-0.2, 0) is 0 Å². The van der Waals surface area contributed by atoms with Crippen LogP contribution in [0.25, 0.3) is 11.3 Å². The molecular weight excluding hydrogens is 312 g/mol. The van der Waals surface area contributed by atoms with Gasteiger partial charge in [0.15, 0.2) is 5.76 Å². The molecule has 0 radical (unpaired) electrons. The Kier molecular flexibility index (Phi) is 4.35. The lowest BCUT2D eigenvalue weighted by molar-refractivity contribution is 0.0592. The van der Waals surface area contributed by atoms with Crippen LogP contribution in [0.1, 0.15) is 30.8 Å². The summed E-state index contributed by atoms with van der Waals surface area (Å²) in [4.78, 5) is 14.5. The summed E-state index contributed by atoms with van der Waals surface area (Å²) in [5.74, 6) is 1.87. The predicted octanol–water partition coefficient (Wildman–Crippen LogP) is 4.30. The first kappa shape index (κ1) is 15.9. The summed E-state index contributed by atoms with van der Waals surface area (Å²) in [5, 5.41) is 0.549. The Morgan fingerprint density at radius 3 is 2.61 bits per heavy atom. The van der Waals surface area contributed by atoms with Gasteiger partial charge < -0.3 is 15.1 Å². The molecule has 3 rings (SSSR count). The van der Waals surface area contributed by atoms with E-state index in [9.17, 15) is 4.79 Å². The molecule has 0 aliphatic carbocycles. The minimum absolute atomic E-state index is 0.0605. The third kappa shape index (κ3) is 3.37. The van der Waals surface area contributed by atoms with Crippen LogP contribution in [-0.4, -0.2) is 23.9 Å². The van der Waals surface area contributed by atoms with Crippen molar-refractivity contribution in [2.24, 2.45) is 11.8 Å². The molecule has 0 saturated carbocycles. The van der Waals surface area contributed by atoms with Crippen molar-refractivity contribution in [3.8, 4) is 11.3 Å². The summed E-state index contributed by atoms with van der Waals surface area (Å²) in [7, 11) is 0. The first-order chi connectivity index (χ1) is 10.9. The molecule has 1 aliphatic rings. The minimum Gasteiger partial charge on any atom is -0.451 e. The van der Waals surface area contributed by atoms with E-state index in [-0.39, 0.29) is 5.91 Å². The van der Waals surface area contributed by atoms with E-state index in [1.165, 1.54) is 0 Å². The van der Waals surface area contributed by atoms with Gasteiger partial charge in [0.05, 0.1) is 5.02 Å². The molecule has 0 spiro atoms. The number of anilines is 1. The van der Waals surface area contributed by atoms with Gasteiger partial charge in [-0.05, 0) is 48.6 Å². The van der Waals surface area contributed by atoms with Crippen molar-refractivity contribution in [2.45, 2.75) is 20.3 Å². The number of rotatable bonds is 2. The van der Waals surface area contributed by atoms with E-state index in [1.54, 1.807) is 30.3 Å². The van der Waals surface area contributed by atoms with E-state index in [2.05, 4.69) is 13.8 Å². The standard InChI is InChI=1S/C18H21ClN2O2/c1-11-7-12(2)10-21(9-11)18(22)17-6-5-16(23-17)14-8-13(20)3-4-15(14)19/h3-6,8,11-12H,7,9-10,20H2,1-2H3/t11-,12-/m0/s1. The Bertz CT molecular complexity index is 716. The third-order valence-corrected chi connectivity index (χ3v) is 4.56. The smallest absolute Gasteiger partial charge is 0.289 e. The van der Waals surface area contributed by atoms with Crippen LogP contribution >= 0.6 is 11.6 Å². The fraction of sp³-hybridized carbons (Fsp3) is 0.389. The van der Waals surface area contributed by atoms with Crippen molar-refractivity contribution < 1.29 is 9.21 Å². The molecule has 1 aromatic carbocycles. The first-order valence-electron chi connectivity index (χ1n) is 7.88. The average Bonchev–Trinajstić information content (AvgIpc) is 2.97. The van der Waals surface area contributed by atoms with Crippen molar-refractivity contribution in [1.82, 2.24) is 4.90 Å². The Labute approximate surface area is 141 Å². The van der Waals surface area contributed by atoms with Gasteiger partial charge in [0, 0.05) is 24.3 Å². The van der Waals surface area contributed by atoms with Gasteiger partial charge in [0.2, 0.25) is 0 Å². The predicted molar refractivity (Wildman–Crippen MR) is 92.4 cm³/mol. The fourth-order valence-electron chi connectivity index (χ4n) is 3.31. The Hall–Kier alpha value is -1.94. The molecule has 2 N–H and O–H groups in total. The zero-order valence-corrected chi connectivity index (χ0v) is 14.1. The SMILES string of the molecule is C[C@H]1C[C@H](C)CN(C(=O)c2ccc(-c3cc(N)ccc3Cl)o2)C1. The maximum atomic E-state index is 12.7. The van der Waals surface area contributed by atoms with Crippen molar-refractivity contribution in [1.29, 1.82) is 0 Å². The summed E-state index contributed by atoms with van der Waals surface area (Å²) in [6, 6.07) is 8.69. The highest BCUT2D eigenvalue weighted by atomic mass is 35.5. The summed E-state index contributed by atoms with van der Waals surface area (Å²) >= 11 is 6.20. The van der Waals surface area contributed by atoms with E-state index in [1.807, 2.05) is 4.90 Å². The first-order valence-corrected chi connectivity index (χ1v) is 8.26. The van der Waals surface area contributed by atoms with E-state index < -0.39 is 0 Å². The van der Waals surface area contributed by atoms with E-state index in [4.69, 9.17) is 21.8 Å². The van der Waals surface area contributed by atoms with Crippen LogP contribution in [0, 0.1) is 11.8 Å². The van der Waals surface area contributed by atoms with Crippen LogP contribution in [0.2, 0.25) is 5.02 Å². The molecule has 1 aromatic heterocycles. The number of halogens is 1. The quantitative estimate of drug-likeness (QED) is 0.834. The Morgan fingerprint density at radius 2 is 1.91 bits per heavy atom. The molecule has 2 aromatic rings. The molecule has 2 heterocycles. The van der Waals surface area contributed by atoms with Crippen molar-refractivity contribution in [3.63, 3.8) is 0 Å². The molecule has 5 heteroatoms. The molecule has 1 saturated heterocycles. The van der Waals surface area contributed by atoms with E-state index in [0.29, 0.717) is 39.6 Å². The minimum atomic E-state index is -0.0605. The van der Waals surface area contributed by atoms with Gasteiger partial charge in [-0.15, -0.1) is 0 Å². The maximum Gasteiger partial charge on any atom is 0.289 e. The zero-order chi connectivity index (χ0) is 16.6. The second-order valence-electron chi connectivity index (χ2n) is 6.56. The lowest BCUT2D eigenvalue weighted by Gasteiger charge is -2.34. The largest absolute Gasteiger partial charge is 0.451 e. The van der Waals surface area contributed by atoms with Gasteiger partial charge in [-0.25, -0.2) is 0 Å². The molecule has 0 unspecified atom stereocenters. The highest BCUT2D eigenvalue weighted by molar-refractivity contribution is 6.33. The molecule has 2 atom stereocenters. The van der Waals surface area contributed by atoms with Crippen LogP contribution in [0.15, 0.2) is 34.7 Å². The number of amides is 1. The highest BCUT2D eigenvalue weighted by Crippen LogP contribution is 2.32. The summed E-state index contributed by atoms with van der Waals surface area (Å²) < 4.78 is 5.76. The number of hydrogen-bond acceptors (Lipinski definition) is 3. The highest BCUT2D eigenvalue weighted by Gasteiger charge is 2.28. The lowest BCUT2D eigenvalue weighted by atomic mass is 9.92. The number of hydrogen-bond donors (Lipinski definition) is 1. The van der Waals surface area contributed by atoms with Gasteiger partial charge in [-0.3, -0.25) is 4.79 Å². The number of furan rings is 1. The molecule has 1 fully saturated rings. The summed E-state index contributed by atoms with van der Waals surface area (Å²) in [6.07, 6.45) is 1.16. The van der Waals surface area contributed by atoms with Crippen LogP contribution in [0.5, 0.6) is 0 Å². The molecular formula is C18H21ClN2O2. The lowest BCUT2D eigenvalue weighted by Crippen LogP contribution is -2.42. The second-order valence-corrected chi connectivity index (χ2v) is 6.97. The monoisotopic (exact) mass is 332 g/mol. The molecule has 1 aliphatic heterocycles. The second kappa shape index (κ2) is 6.28. The average molecular weight is 333 g/mol.